The van der Waals surface area contributed by atoms with Crippen molar-refractivity contribution in [2.45, 2.75) is 38.8 Å². The molecule has 138 valence electrons. The number of nitrogens with one attached hydrogen (secondary N) is 2. The van der Waals surface area contributed by atoms with Gasteiger partial charge in [-0.1, -0.05) is 44.2 Å². The Balaban J connectivity index is 0.00000277. The number of urea groups is 1. The third-order valence-electron chi connectivity index (χ3n) is 2.91. The van der Waals surface area contributed by atoms with Gasteiger partial charge in [0.05, 0.1) is 0 Å². The molecule has 2 atom stereocenters. The zero-order valence-electron chi connectivity index (χ0n) is 13.9. The number of hydrogen-bond donors (Lipinski definition) is 5. The van der Waals surface area contributed by atoms with Gasteiger partial charge in [0, 0.05) is 6.42 Å². The standard InChI is InChI=1S/C14H16N2O7.C2H6/c17-10(18)7-6-9(12(19)20)15-14(23)16-11(13(21)22)8-4-2-1-3-5-8;1-2/h1-5,9,11H,6-7H2,(H,17,18)(H,19,20)(H,21,22)(H2,15,16,23);1-2H3. The molecule has 0 aliphatic rings. The topological polar surface area (TPSA) is 153 Å². The lowest BCUT2D eigenvalue weighted by Gasteiger charge is -2.18. The number of carbonyl (C=O) groups is 4. The van der Waals surface area contributed by atoms with Gasteiger partial charge in [-0.3, -0.25) is 4.79 Å². The van der Waals surface area contributed by atoms with E-state index in [1.807, 2.05) is 13.8 Å². The van der Waals surface area contributed by atoms with Gasteiger partial charge in [0.2, 0.25) is 0 Å². The number of carboxylic acid groups (broad SMARTS) is 3. The molecule has 9 heteroatoms. The van der Waals surface area contributed by atoms with E-state index in [2.05, 4.69) is 10.6 Å². The molecule has 0 aromatic heterocycles. The Morgan fingerprint density at radius 2 is 1.48 bits per heavy atom. The van der Waals surface area contributed by atoms with Crippen molar-refractivity contribution in [2.75, 3.05) is 0 Å². The summed E-state index contributed by atoms with van der Waals surface area (Å²) in [6.45, 7) is 4.00. The van der Waals surface area contributed by atoms with Gasteiger partial charge in [-0.25, -0.2) is 14.4 Å². The van der Waals surface area contributed by atoms with E-state index >= 15 is 0 Å². The lowest BCUT2D eigenvalue weighted by atomic mass is 10.1. The van der Waals surface area contributed by atoms with Crippen molar-refractivity contribution >= 4 is 23.9 Å². The van der Waals surface area contributed by atoms with E-state index in [-0.39, 0.29) is 6.42 Å². The van der Waals surface area contributed by atoms with Gasteiger partial charge in [-0.15, -0.1) is 0 Å². The second-order valence-electron chi connectivity index (χ2n) is 4.62. The van der Waals surface area contributed by atoms with Crippen LogP contribution in [0.25, 0.3) is 0 Å². The zero-order chi connectivity index (χ0) is 19.4. The van der Waals surface area contributed by atoms with E-state index in [1.54, 1.807) is 18.2 Å². The molecule has 1 aromatic carbocycles. The summed E-state index contributed by atoms with van der Waals surface area (Å²) in [5, 5.41) is 30.8. The van der Waals surface area contributed by atoms with Crippen molar-refractivity contribution < 1.29 is 34.5 Å². The SMILES string of the molecule is CC.O=C(O)CCC(NC(=O)NC(C(=O)O)c1ccccc1)C(=O)O. The van der Waals surface area contributed by atoms with Crippen molar-refractivity contribution in [1.82, 2.24) is 10.6 Å². The molecule has 1 rings (SSSR count). The second-order valence-corrected chi connectivity index (χ2v) is 4.62. The van der Waals surface area contributed by atoms with Gasteiger partial charge in [-0.05, 0) is 12.0 Å². The monoisotopic (exact) mass is 354 g/mol. The number of benzene rings is 1. The molecule has 0 aliphatic heterocycles. The molecule has 0 aliphatic carbocycles. The molecule has 0 saturated carbocycles. The van der Waals surface area contributed by atoms with E-state index in [0.717, 1.165) is 0 Å². The van der Waals surface area contributed by atoms with Crippen LogP contribution in [0.2, 0.25) is 0 Å². The molecule has 1 aromatic rings. The highest BCUT2D eigenvalue weighted by Gasteiger charge is 2.25. The van der Waals surface area contributed by atoms with Gasteiger partial charge in [0.1, 0.15) is 6.04 Å². The summed E-state index contributed by atoms with van der Waals surface area (Å²) in [5.41, 5.74) is 0.313. The molecule has 0 spiro atoms. The van der Waals surface area contributed by atoms with Gasteiger partial charge in [0.15, 0.2) is 6.04 Å². The summed E-state index contributed by atoms with van der Waals surface area (Å²) in [6, 6.07) is 4.06. The Labute approximate surface area is 144 Å². The van der Waals surface area contributed by atoms with E-state index in [9.17, 15) is 19.2 Å². The molecule has 9 nitrogen and oxygen atoms in total. The summed E-state index contributed by atoms with van der Waals surface area (Å²) in [4.78, 5) is 44.5. The normalized spacial score (nSPS) is 11.9. The number of carbonyl (C=O) groups excluding carboxylic acids is 1. The number of hydrogen-bond acceptors (Lipinski definition) is 4. The first kappa shape index (κ1) is 21.9. The fourth-order valence-corrected chi connectivity index (χ4v) is 1.79. The molecular weight excluding hydrogens is 332 g/mol. The molecule has 0 radical (unpaired) electrons. The van der Waals surface area contributed by atoms with Gasteiger partial charge < -0.3 is 26.0 Å². The molecule has 5 N–H and O–H groups in total. The summed E-state index contributed by atoms with van der Waals surface area (Å²) in [5.74, 6) is -3.93. The number of aliphatic carboxylic acids is 3. The van der Waals surface area contributed by atoms with Crippen LogP contribution in [0, 0.1) is 0 Å². The van der Waals surface area contributed by atoms with E-state index in [0.29, 0.717) is 5.56 Å². The number of rotatable bonds is 8. The van der Waals surface area contributed by atoms with E-state index in [4.69, 9.17) is 15.3 Å². The average molecular weight is 354 g/mol. The molecule has 2 unspecified atom stereocenters. The molecular formula is C16H22N2O7. The van der Waals surface area contributed by atoms with Crippen molar-refractivity contribution in [2.24, 2.45) is 0 Å². The van der Waals surface area contributed by atoms with Crippen molar-refractivity contribution in [3.63, 3.8) is 0 Å². The molecule has 0 heterocycles. The predicted octanol–water partition coefficient (Wildman–Crippen LogP) is 1.46. The maximum absolute atomic E-state index is 11.8. The highest BCUT2D eigenvalue weighted by atomic mass is 16.4. The van der Waals surface area contributed by atoms with Crippen molar-refractivity contribution in [3.8, 4) is 0 Å². The fraction of sp³-hybridized carbons (Fsp3) is 0.375. The summed E-state index contributed by atoms with van der Waals surface area (Å²) < 4.78 is 0. The van der Waals surface area contributed by atoms with E-state index < -0.39 is 42.4 Å². The maximum Gasteiger partial charge on any atom is 0.330 e. The van der Waals surface area contributed by atoms with Crippen LogP contribution in [-0.4, -0.2) is 45.3 Å². The average Bonchev–Trinajstić information content (AvgIpc) is 2.58. The first-order chi connectivity index (χ1) is 11.8. The Morgan fingerprint density at radius 3 is 1.92 bits per heavy atom. The quantitative estimate of drug-likeness (QED) is 0.473. The highest BCUT2D eigenvalue weighted by molar-refractivity contribution is 5.86. The van der Waals surface area contributed by atoms with E-state index in [1.165, 1.54) is 12.1 Å². The second kappa shape index (κ2) is 11.4. The molecule has 0 saturated heterocycles. The van der Waals surface area contributed by atoms with Crippen LogP contribution in [0.4, 0.5) is 4.79 Å². The number of carboxylic acids is 3. The minimum absolute atomic E-state index is 0.313. The van der Waals surface area contributed by atoms with Crippen molar-refractivity contribution in [3.05, 3.63) is 35.9 Å². The first-order valence-electron chi connectivity index (χ1n) is 7.60. The summed E-state index contributed by atoms with van der Waals surface area (Å²) in [6.07, 6.45) is -0.764. The van der Waals surface area contributed by atoms with Crippen LogP contribution in [-0.2, 0) is 14.4 Å². The lowest BCUT2D eigenvalue weighted by molar-refractivity contribution is -0.140. The summed E-state index contributed by atoms with van der Waals surface area (Å²) in [7, 11) is 0. The lowest BCUT2D eigenvalue weighted by Crippen LogP contribution is -2.48. The van der Waals surface area contributed by atoms with Gasteiger partial charge in [-0.2, -0.15) is 0 Å². The van der Waals surface area contributed by atoms with Crippen LogP contribution in [0.15, 0.2) is 30.3 Å². The highest BCUT2D eigenvalue weighted by Crippen LogP contribution is 2.12. The Kier molecular flexibility index (Phi) is 10.0. The maximum atomic E-state index is 11.8. The van der Waals surface area contributed by atoms with Crippen LogP contribution in [0.5, 0.6) is 0 Å². The third-order valence-corrected chi connectivity index (χ3v) is 2.91. The number of amides is 2. The molecule has 0 fully saturated rings. The molecule has 0 bridgehead atoms. The van der Waals surface area contributed by atoms with Gasteiger partial charge in [0.25, 0.3) is 0 Å². The molecule has 25 heavy (non-hydrogen) atoms. The van der Waals surface area contributed by atoms with Gasteiger partial charge >= 0.3 is 23.9 Å². The van der Waals surface area contributed by atoms with Crippen LogP contribution in [0.1, 0.15) is 38.3 Å². The Bertz CT molecular complexity index is 589. The minimum Gasteiger partial charge on any atom is -0.481 e. The van der Waals surface area contributed by atoms with Crippen molar-refractivity contribution in [1.29, 1.82) is 0 Å². The smallest absolute Gasteiger partial charge is 0.330 e. The first-order valence-corrected chi connectivity index (χ1v) is 7.60. The summed E-state index contributed by atoms with van der Waals surface area (Å²) >= 11 is 0. The Hall–Kier alpha value is -3.10. The van der Waals surface area contributed by atoms with Crippen LogP contribution in [0.3, 0.4) is 0 Å². The zero-order valence-corrected chi connectivity index (χ0v) is 13.9. The predicted molar refractivity (Wildman–Crippen MR) is 88.1 cm³/mol. The van der Waals surface area contributed by atoms with Crippen LogP contribution < -0.4 is 10.6 Å². The third kappa shape index (κ3) is 8.35. The Morgan fingerprint density at radius 1 is 0.920 bits per heavy atom. The largest absolute Gasteiger partial charge is 0.481 e. The minimum atomic E-state index is -1.43. The van der Waals surface area contributed by atoms with Crippen LogP contribution >= 0.6 is 0 Å². The molecule has 2 amide bonds. The fourth-order valence-electron chi connectivity index (χ4n) is 1.79.